The molecule has 11 heteroatoms. The van der Waals surface area contributed by atoms with Gasteiger partial charge in [0.15, 0.2) is 5.76 Å². The summed E-state index contributed by atoms with van der Waals surface area (Å²) < 4.78 is 28.5. The first-order chi connectivity index (χ1) is 19.6. The highest BCUT2D eigenvalue weighted by molar-refractivity contribution is 5.87. The summed E-state index contributed by atoms with van der Waals surface area (Å²) in [6.07, 6.45) is 0. The molecule has 0 amide bonds. The highest BCUT2D eigenvalue weighted by atomic mass is 16.5. The number of nitrogens with zero attached hydrogens (tertiary/aromatic N) is 2. The lowest BCUT2D eigenvalue weighted by molar-refractivity contribution is 0.0386. The molecule has 0 aliphatic rings. The lowest BCUT2D eigenvalue weighted by Gasteiger charge is -2.13. The summed E-state index contributed by atoms with van der Waals surface area (Å²) in [5.74, 6) is -0.138. The topological polar surface area (TPSA) is 155 Å². The molecule has 206 valence electrons. The molecular weight excluding hydrogens is 518 g/mol. The van der Waals surface area contributed by atoms with Gasteiger partial charge in [0.1, 0.15) is 41.7 Å². The number of para-hydroxylation sites is 1. The molecule has 1 aromatic heterocycles. The lowest BCUT2D eigenvalue weighted by Crippen LogP contribution is -2.12. The van der Waals surface area contributed by atoms with E-state index in [0.29, 0.717) is 67.4 Å². The van der Waals surface area contributed by atoms with Gasteiger partial charge < -0.3 is 28.5 Å². The zero-order valence-corrected chi connectivity index (χ0v) is 21.6. The van der Waals surface area contributed by atoms with E-state index >= 15 is 0 Å². The van der Waals surface area contributed by atoms with Gasteiger partial charge in [0.05, 0.1) is 37.4 Å². The summed E-state index contributed by atoms with van der Waals surface area (Å²) >= 11 is 0. The van der Waals surface area contributed by atoms with Crippen LogP contribution in [0.5, 0.6) is 11.5 Å². The standard InChI is InChI=1S/C29H27N3O8/c30-32-31-12-13-36-14-15-37-16-17-38-23-10-8-21(9-11-23)27-28(26(33)24-6-1-2-7-25(24)40-27)39-19-20-4-3-5-22(18-20)29(34)35/h1-11,18,30H,12-17,19H2/p+1. The molecule has 2 N–H and O–H groups in total. The zero-order chi connectivity index (χ0) is 28.2. The number of hydrogen-bond donors (Lipinski definition) is 2. The molecule has 3 aromatic carbocycles. The predicted octanol–water partition coefficient (Wildman–Crippen LogP) is 4.70. The van der Waals surface area contributed by atoms with Gasteiger partial charge >= 0.3 is 5.97 Å². The van der Waals surface area contributed by atoms with Gasteiger partial charge in [-0.3, -0.25) is 4.79 Å². The van der Waals surface area contributed by atoms with E-state index in [2.05, 4.69) is 10.0 Å². The van der Waals surface area contributed by atoms with E-state index in [1.807, 2.05) is 0 Å². The third-order valence-electron chi connectivity index (χ3n) is 5.70. The maximum absolute atomic E-state index is 13.4. The largest absolute Gasteiger partial charge is 0.491 e. The Kier molecular flexibility index (Phi) is 10.1. The second-order valence-corrected chi connectivity index (χ2v) is 8.44. The Hall–Kier alpha value is -4.83. The summed E-state index contributed by atoms with van der Waals surface area (Å²) in [7, 11) is 0. The average molecular weight is 547 g/mol. The molecule has 0 aliphatic heterocycles. The molecule has 11 nitrogen and oxygen atoms in total. The van der Waals surface area contributed by atoms with Crippen LogP contribution in [0.4, 0.5) is 0 Å². The number of carboxylic acid groups (broad SMARTS) is 1. The molecule has 0 bridgehead atoms. The normalized spacial score (nSPS) is 10.7. The average Bonchev–Trinajstić information content (AvgIpc) is 2.98. The van der Waals surface area contributed by atoms with Gasteiger partial charge in [-0.05, 0) is 54.1 Å². The Morgan fingerprint density at radius 3 is 2.42 bits per heavy atom. The van der Waals surface area contributed by atoms with E-state index in [4.69, 9.17) is 28.9 Å². The van der Waals surface area contributed by atoms with Crippen molar-refractivity contribution in [2.75, 3.05) is 39.6 Å². The van der Waals surface area contributed by atoms with Crippen LogP contribution in [-0.2, 0) is 16.1 Å². The molecule has 0 radical (unpaired) electrons. The highest BCUT2D eigenvalue weighted by Gasteiger charge is 2.18. The summed E-state index contributed by atoms with van der Waals surface area (Å²) in [6.45, 7) is 2.24. The van der Waals surface area contributed by atoms with Crippen molar-refractivity contribution in [2.24, 2.45) is 5.11 Å². The number of benzene rings is 3. The molecular formula is C29H28N3O8+. The van der Waals surface area contributed by atoms with Gasteiger partial charge in [-0.2, -0.15) is 0 Å². The number of hydrogen-bond acceptors (Lipinski definition) is 9. The fraction of sp³-hybridized carbons (Fsp3) is 0.241. The lowest BCUT2D eigenvalue weighted by atomic mass is 10.1. The number of fused-ring (bicyclic) bond motifs is 1. The van der Waals surface area contributed by atoms with Gasteiger partial charge in [-0.15, -0.1) is 0 Å². The van der Waals surface area contributed by atoms with Crippen LogP contribution in [0.1, 0.15) is 15.9 Å². The van der Waals surface area contributed by atoms with Crippen molar-refractivity contribution in [3.05, 3.63) is 94.1 Å². The number of rotatable bonds is 15. The van der Waals surface area contributed by atoms with Crippen LogP contribution < -0.4 is 19.8 Å². The molecule has 0 fully saturated rings. The predicted molar refractivity (Wildman–Crippen MR) is 145 cm³/mol. The third kappa shape index (κ3) is 7.61. The molecule has 0 spiro atoms. The van der Waals surface area contributed by atoms with Crippen LogP contribution in [0.15, 0.2) is 87.1 Å². The maximum Gasteiger partial charge on any atom is 0.335 e. The molecule has 0 unspecified atom stereocenters. The Morgan fingerprint density at radius 2 is 1.65 bits per heavy atom. The van der Waals surface area contributed by atoms with E-state index < -0.39 is 5.97 Å². The summed E-state index contributed by atoms with van der Waals surface area (Å²) in [6, 6.07) is 20.3. The van der Waals surface area contributed by atoms with Gasteiger partial charge in [-0.25, -0.2) is 4.79 Å². The Balaban J connectivity index is 1.42. The monoisotopic (exact) mass is 546 g/mol. The number of ether oxygens (including phenoxy) is 4. The first-order valence-corrected chi connectivity index (χ1v) is 12.5. The van der Waals surface area contributed by atoms with Gasteiger partial charge in [0.2, 0.25) is 16.1 Å². The molecule has 0 saturated carbocycles. The number of aromatic carboxylic acids is 1. The van der Waals surface area contributed by atoms with Crippen molar-refractivity contribution in [1.82, 2.24) is 4.91 Å². The molecule has 0 atom stereocenters. The highest BCUT2D eigenvalue weighted by Crippen LogP contribution is 2.32. The van der Waals surface area contributed by atoms with Crippen molar-refractivity contribution >= 4 is 16.9 Å². The first-order valence-electron chi connectivity index (χ1n) is 12.5. The minimum atomic E-state index is -1.04. The summed E-state index contributed by atoms with van der Waals surface area (Å²) in [5.41, 5.74) is 8.00. The van der Waals surface area contributed by atoms with E-state index in [9.17, 15) is 14.7 Å². The Morgan fingerprint density at radius 1 is 0.900 bits per heavy atom. The van der Waals surface area contributed by atoms with Gasteiger partial charge in [0, 0.05) is 5.56 Å². The number of carbonyl (C=O) groups is 1. The smallest absolute Gasteiger partial charge is 0.335 e. The first kappa shape index (κ1) is 28.2. The van der Waals surface area contributed by atoms with Crippen molar-refractivity contribution in [3.63, 3.8) is 0 Å². The Bertz CT molecular complexity index is 1550. The van der Waals surface area contributed by atoms with Crippen LogP contribution in [-0.4, -0.2) is 50.7 Å². The maximum atomic E-state index is 13.4. The number of nitrogens with one attached hydrogen (secondary N) is 1. The number of carboxylic acids is 1. The third-order valence-corrected chi connectivity index (χ3v) is 5.70. The molecule has 0 aliphatic carbocycles. The fourth-order valence-electron chi connectivity index (χ4n) is 3.79. The van der Waals surface area contributed by atoms with E-state index in [-0.39, 0.29) is 29.1 Å². The van der Waals surface area contributed by atoms with Crippen LogP contribution in [0.2, 0.25) is 0 Å². The molecule has 1 heterocycles. The molecule has 0 saturated heterocycles. The van der Waals surface area contributed by atoms with Crippen molar-refractivity contribution in [3.8, 4) is 22.8 Å². The second kappa shape index (κ2) is 14.4. The van der Waals surface area contributed by atoms with Crippen molar-refractivity contribution in [2.45, 2.75) is 6.61 Å². The summed E-state index contributed by atoms with van der Waals surface area (Å²) in [5, 5.41) is 13.1. The van der Waals surface area contributed by atoms with Crippen LogP contribution in [0.25, 0.3) is 22.3 Å². The summed E-state index contributed by atoms with van der Waals surface area (Å²) in [4.78, 5) is 27.6. The second-order valence-electron chi connectivity index (χ2n) is 8.44. The van der Waals surface area contributed by atoms with E-state index in [1.165, 1.54) is 12.1 Å². The van der Waals surface area contributed by atoms with E-state index in [1.54, 1.807) is 60.7 Å². The minimum absolute atomic E-state index is 0.0141. The Labute approximate surface area is 229 Å². The molecule has 4 rings (SSSR count). The van der Waals surface area contributed by atoms with Crippen molar-refractivity contribution < 1.29 is 33.3 Å². The molecule has 40 heavy (non-hydrogen) atoms. The van der Waals surface area contributed by atoms with Crippen LogP contribution in [0, 0.1) is 5.53 Å². The zero-order valence-electron chi connectivity index (χ0n) is 21.6. The molecule has 4 aromatic rings. The minimum Gasteiger partial charge on any atom is -0.491 e. The SMILES string of the molecule is N=[N+]=NCCOCCOCCOc1ccc(-c2oc3ccccc3c(=O)c2OCc2cccc(C(=O)O)c2)cc1. The quantitative estimate of drug-likeness (QED) is 0.124. The van der Waals surface area contributed by atoms with Crippen LogP contribution in [0.3, 0.4) is 0 Å². The fourth-order valence-corrected chi connectivity index (χ4v) is 3.79. The van der Waals surface area contributed by atoms with Crippen molar-refractivity contribution in [1.29, 1.82) is 5.53 Å². The van der Waals surface area contributed by atoms with E-state index in [0.717, 1.165) is 0 Å². The van der Waals surface area contributed by atoms with Gasteiger partial charge in [-0.1, -0.05) is 24.3 Å². The van der Waals surface area contributed by atoms with Gasteiger partial charge in [0.25, 0.3) is 0 Å². The van der Waals surface area contributed by atoms with Crippen LogP contribution >= 0.6 is 0 Å².